The van der Waals surface area contributed by atoms with Gasteiger partial charge in [0.2, 0.25) is 0 Å². The van der Waals surface area contributed by atoms with Crippen molar-refractivity contribution in [3.63, 3.8) is 0 Å². The lowest BCUT2D eigenvalue weighted by atomic mass is 9.94. The number of hydrogen-bond donors (Lipinski definition) is 2. The molecule has 0 radical (unpaired) electrons. The van der Waals surface area contributed by atoms with Crippen LogP contribution in [0.15, 0.2) is 66.9 Å². The first-order valence-electron chi connectivity index (χ1n) is 11.9. The van der Waals surface area contributed by atoms with Crippen LogP contribution in [0.2, 0.25) is 5.02 Å². The van der Waals surface area contributed by atoms with Gasteiger partial charge in [-0.05, 0) is 55.7 Å². The molecule has 1 aliphatic rings. The van der Waals surface area contributed by atoms with Gasteiger partial charge in [-0.2, -0.15) is 10.4 Å². The molecule has 0 bridgehead atoms. The maximum Gasteiger partial charge on any atom is 0.413 e. The average molecular weight is 546 g/mol. The number of anilines is 1. The summed E-state index contributed by atoms with van der Waals surface area (Å²) in [5.41, 5.74) is 1.02. The van der Waals surface area contributed by atoms with E-state index in [2.05, 4.69) is 15.4 Å². The lowest BCUT2D eigenvalue weighted by Crippen LogP contribution is -2.19. The summed E-state index contributed by atoms with van der Waals surface area (Å²) in [6, 6.07) is 17.8. The summed E-state index contributed by atoms with van der Waals surface area (Å²) in [7, 11) is 0. The summed E-state index contributed by atoms with van der Waals surface area (Å²) in [4.78, 5) is 28.5. The van der Waals surface area contributed by atoms with E-state index in [4.69, 9.17) is 16.3 Å². The summed E-state index contributed by atoms with van der Waals surface area (Å²) in [5, 5.41) is 26.0. The van der Waals surface area contributed by atoms with E-state index in [1.165, 1.54) is 29.1 Å². The molecule has 1 unspecified atom stereocenters. The van der Waals surface area contributed by atoms with Crippen LogP contribution in [-0.2, 0) is 14.9 Å². The highest BCUT2D eigenvalue weighted by Gasteiger charge is 2.51. The van der Waals surface area contributed by atoms with Gasteiger partial charge in [0.25, 0.3) is 0 Å². The van der Waals surface area contributed by atoms with Crippen molar-refractivity contribution in [2.24, 2.45) is 0 Å². The van der Waals surface area contributed by atoms with E-state index in [0.29, 0.717) is 40.4 Å². The van der Waals surface area contributed by atoms with Crippen molar-refractivity contribution in [2.75, 3.05) is 5.32 Å². The third-order valence-corrected chi connectivity index (χ3v) is 6.97. The number of benzene rings is 2. The second kappa shape index (κ2) is 10.2. The van der Waals surface area contributed by atoms with Crippen molar-refractivity contribution < 1.29 is 23.8 Å². The zero-order valence-electron chi connectivity index (χ0n) is 20.6. The highest BCUT2D eigenvalue weighted by atomic mass is 35.5. The summed E-state index contributed by atoms with van der Waals surface area (Å²) >= 11 is 6.18. The highest BCUT2D eigenvalue weighted by molar-refractivity contribution is 6.31. The Bertz CT molecular complexity index is 1630. The number of nitriles is 1. The second-order valence-electron chi connectivity index (χ2n) is 9.12. The predicted octanol–water partition coefficient (Wildman–Crippen LogP) is 6.02. The first kappa shape index (κ1) is 25.9. The smallest absolute Gasteiger partial charge is 0.413 e. The standard InChI is InChI=1S/C28H21ClFN5O4/c1-16(20-4-2-3-5-22(20)29)39-27(38)33-25-13-18(14-31)34-35(25)19-7-9-24(32-15-19)21-8-6-17(12-23(21)30)28(10-11-28)26(36)37/h2-9,12-13,15-16H,10-11H2,1H3,(H,33,38)(H,36,37). The van der Waals surface area contributed by atoms with Gasteiger partial charge in [-0.3, -0.25) is 15.1 Å². The van der Waals surface area contributed by atoms with Crippen LogP contribution in [0, 0.1) is 17.1 Å². The zero-order valence-corrected chi connectivity index (χ0v) is 21.3. The van der Waals surface area contributed by atoms with Crippen LogP contribution >= 0.6 is 11.6 Å². The fourth-order valence-electron chi connectivity index (χ4n) is 4.33. The van der Waals surface area contributed by atoms with E-state index in [1.54, 1.807) is 49.4 Å². The van der Waals surface area contributed by atoms with E-state index in [1.807, 2.05) is 6.07 Å². The quantitative estimate of drug-likeness (QED) is 0.290. The number of ether oxygens (including phenoxy) is 1. The Hall–Kier alpha value is -4.75. The van der Waals surface area contributed by atoms with Crippen LogP contribution in [-0.4, -0.2) is 31.9 Å². The molecule has 1 amide bonds. The van der Waals surface area contributed by atoms with Gasteiger partial charge in [0, 0.05) is 22.2 Å². The van der Waals surface area contributed by atoms with Gasteiger partial charge in [-0.15, -0.1) is 0 Å². The molecule has 11 heteroatoms. The monoisotopic (exact) mass is 545 g/mol. The number of pyridine rings is 1. The van der Waals surface area contributed by atoms with Crippen LogP contribution in [0.5, 0.6) is 0 Å². The van der Waals surface area contributed by atoms with Gasteiger partial charge < -0.3 is 9.84 Å². The Morgan fingerprint density at radius 1 is 1.21 bits per heavy atom. The molecule has 2 aromatic heterocycles. The Morgan fingerprint density at radius 3 is 2.59 bits per heavy atom. The molecule has 0 aliphatic heterocycles. The van der Waals surface area contributed by atoms with Gasteiger partial charge in [0.05, 0.1) is 23.0 Å². The molecule has 1 saturated carbocycles. The van der Waals surface area contributed by atoms with E-state index in [-0.39, 0.29) is 17.1 Å². The first-order chi connectivity index (χ1) is 18.7. The van der Waals surface area contributed by atoms with Gasteiger partial charge >= 0.3 is 12.1 Å². The van der Waals surface area contributed by atoms with Gasteiger partial charge in [-0.25, -0.2) is 13.9 Å². The maximum absolute atomic E-state index is 14.9. The molecular formula is C28H21ClFN5O4. The number of rotatable bonds is 7. The summed E-state index contributed by atoms with van der Waals surface area (Å²) < 4.78 is 21.7. The minimum atomic E-state index is -1.01. The molecule has 9 nitrogen and oxygen atoms in total. The van der Waals surface area contributed by atoms with Gasteiger partial charge in [0.15, 0.2) is 5.69 Å². The predicted molar refractivity (Wildman–Crippen MR) is 140 cm³/mol. The molecule has 2 N–H and O–H groups in total. The molecule has 1 atom stereocenters. The molecule has 2 aromatic carbocycles. The number of nitrogens with zero attached hydrogens (tertiary/aromatic N) is 4. The minimum Gasteiger partial charge on any atom is -0.481 e. The van der Waals surface area contributed by atoms with Crippen molar-refractivity contribution in [2.45, 2.75) is 31.3 Å². The van der Waals surface area contributed by atoms with E-state index in [9.17, 15) is 24.3 Å². The van der Waals surface area contributed by atoms with E-state index >= 15 is 0 Å². The normalized spacial score (nSPS) is 14.2. The van der Waals surface area contributed by atoms with Crippen LogP contribution in [0.25, 0.3) is 16.9 Å². The summed E-state index contributed by atoms with van der Waals surface area (Å²) in [5.74, 6) is -1.38. The molecule has 196 valence electrons. The molecule has 1 fully saturated rings. The Balaban J connectivity index is 1.35. The fourth-order valence-corrected chi connectivity index (χ4v) is 4.62. The third kappa shape index (κ3) is 5.04. The van der Waals surface area contributed by atoms with Gasteiger partial charge in [0.1, 0.15) is 23.8 Å². The molecule has 5 rings (SSSR count). The third-order valence-electron chi connectivity index (χ3n) is 6.63. The van der Waals surface area contributed by atoms with E-state index < -0.39 is 29.4 Å². The Morgan fingerprint density at radius 2 is 1.97 bits per heavy atom. The van der Waals surface area contributed by atoms with Crippen molar-refractivity contribution in [3.05, 3.63) is 94.5 Å². The Labute approximate surface area is 227 Å². The van der Waals surface area contributed by atoms with Crippen molar-refractivity contribution in [1.82, 2.24) is 14.8 Å². The topological polar surface area (TPSA) is 130 Å². The van der Waals surface area contributed by atoms with Crippen molar-refractivity contribution >= 4 is 29.5 Å². The molecule has 1 aliphatic carbocycles. The highest BCUT2D eigenvalue weighted by Crippen LogP contribution is 2.49. The number of carboxylic acid groups (broad SMARTS) is 1. The molecule has 2 heterocycles. The minimum absolute atomic E-state index is 0.0441. The lowest BCUT2D eigenvalue weighted by Gasteiger charge is -2.16. The van der Waals surface area contributed by atoms with Crippen molar-refractivity contribution in [1.29, 1.82) is 5.26 Å². The molecule has 0 saturated heterocycles. The number of halogens is 2. The maximum atomic E-state index is 14.9. The number of carboxylic acids is 1. The number of nitrogens with one attached hydrogen (secondary N) is 1. The second-order valence-corrected chi connectivity index (χ2v) is 9.52. The lowest BCUT2D eigenvalue weighted by molar-refractivity contribution is -0.140. The number of hydrogen-bond acceptors (Lipinski definition) is 6. The van der Waals surface area contributed by atoms with Crippen LogP contribution in [0.3, 0.4) is 0 Å². The van der Waals surface area contributed by atoms with Gasteiger partial charge in [-0.1, -0.05) is 35.9 Å². The molecule has 39 heavy (non-hydrogen) atoms. The number of carbonyl (C=O) groups is 2. The number of carbonyl (C=O) groups excluding carboxylic acids is 1. The molecule has 0 spiro atoms. The largest absolute Gasteiger partial charge is 0.481 e. The average Bonchev–Trinajstić information content (AvgIpc) is 3.64. The summed E-state index contributed by atoms with van der Waals surface area (Å²) in [6.45, 7) is 1.68. The zero-order chi connectivity index (χ0) is 27.7. The molecular weight excluding hydrogens is 525 g/mol. The number of aromatic nitrogens is 3. The first-order valence-corrected chi connectivity index (χ1v) is 12.3. The molecule has 4 aromatic rings. The van der Waals surface area contributed by atoms with Crippen molar-refractivity contribution in [3.8, 4) is 23.0 Å². The summed E-state index contributed by atoms with van der Waals surface area (Å²) in [6.07, 6.45) is 0.948. The fraction of sp³-hybridized carbons (Fsp3) is 0.179. The van der Waals surface area contributed by atoms with Crippen LogP contribution in [0.4, 0.5) is 15.0 Å². The number of amides is 1. The van der Waals surface area contributed by atoms with Crippen LogP contribution < -0.4 is 5.32 Å². The Kier molecular flexibility index (Phi) is 6.76. The SMILES string of the molecule is CC(OC(=O)Nc1cc(C#N)nn1-c1ccc(-c2ccc(C3(C(=O)O)CC3)cc2F)nc1)c1ccccc1Cl. The van der Waals surface area contributed by atoms with E-state index in [0.717, 1.165) is 0 Å². The van der Waals surface area contributed by atoms with Crippen LogP contribution in [0.1, 0.15) is 42.7 Å². The number of aliphatic carboxylic acids is 1.